The van der Waals surface area contributed by atoms with E-state index in [4.69, 9.17) is 23.7 Å². The highest BCUT2D eigenvalue weighted by atomic mass is 16.7. The average molecular weight is 544 g/mol. The van der Waals surface area contributed by atoms with E-state index in [0.29, 0.717) is 43.6 Å². The van der Waals surface area contributed by atoms with Gasteiger partial charge in [0.25, 0.3) is 0 Å². The predicted octanol–water partition coefficient (Wildman–Crippen LogP) is 6.04. The second-order valence-corrected chi connectivity index (χ2v) is 9.37. The first kappa shape index (κ1) is 29.1. The van der Waals surface area contributed by atoms with Gasteiger partial charge in [-0.15, -0.1) is 0 Å². The van der Waals surface area contributed by atoms with E-state index in [1.807, 2.05) is 104 Å². The molecule has 0 N–H and O–H groups in total. The monoisotopic (exact) mass is 543 g/mol. The minimum absolute atomic E-state index is 0.108. The minimum atomic E-state index is -1.12. The molecular weight excluding hydrogens is 506 g/mol. The van der Waals surface area contributed by atoms with Crippen LogP contribution in [0.2, 0.25) is 0 Å². The number of allylic oxidation sites excluding steroid dienone is 1. The number of hydrogen-bond donors (Lipinski definition) is 0. The maximum Gasteiger partial charge on any atom is 0.224 e. The van der Waals surface area contributed by atoms with Gasteiger partial charge in [0.05, 0.1) is 20.3 Å². The lowest BCUT2D eigenvalue weighted by Gasteiger charge is -2.39. The summed E-state index contributed by atoms with van der Waals surface area (Å²) in [5.41, 5.74) is 3.68. The van der Waals surface area contributed by atoms with Crippen LogP contribution in [-0.2, 0) is 38.8 Å². The molecule has 7 heteroatoms. The molecule has 0 bridgehead atoms. The summed E-state index contributed by atoms with van der Waals surface area (Å²) in [6, 6.07) is 25.6. The fraction of sp³-hybridized carbons (Fsp3) is 0.303. The molecule has 210 valence electrons. The average Bonchev–Trinajstić information content (AvgIpc) is 2.99. The molecule has 7 nitrogen and oxygen atoms in total. The number of carbonyl (C=O) groups excluding carboxylic acids is 1. The van der Waals surface area contributed by atoms with Crippen LogP contribution < -0.4 is 9.47 Å². The molecule has 0 saturated carbocycles. The second kappa shape index (κ2) is 13.9. The van der Waals surface area contributed by atoms with Gasteiger partial charge in [0.2, 0.25) is 11.7 Å². The molecule has 1 amide bonds. The van der Waals surface area contributed by atoms with E-state index in [2.05, 4.69) is 0 Å². The van der Waals surface area contributed by atoms with Crippen LogP contribution in [0, 0.1) is 0 Å². The van der Waals surface area contributed by atoms with E-state index < -0.39 is 11.9 Å². The van der Waals surface area contributed by atoms with Crippen LogP contribution in [0.25, 0.3) is 0 Å². The van der Waals surface area contributed by atoms with Gasteiger partial charge < -0.3 is 28.6 Å². The predicted molar refractivity (Wildman–Crippen MR) is 154 cm³/mol. The van der Waals surface area contributed by atoms with Crippen molar-refractivity contribution in [3.05, 3.63) is 119 Å². The number of amides is 1. The Hall–Kier alpha value is -3.91. The van der Waals surface area contributed by atoms with Crippen molar-refractivity contribution in [2.24, 2.45) is 0 Å². The van der Waals surface area contributed by atoms with Crippen LogP contribution >= 0.6 is 0 Å². The van der Waals surface area contributed by atoms with Crippen LogP contribution in [-0.4, -0.2) is 43.5 Å². The molecule has 1 aliphatic carbocycles. The zero-order valence-electron chi connectivity index (χ0n) is 23.5. The molecular formula is C33H37NO6. The Morgan fingerprint density at radius 2 is 1.52 bits per heavy atom. The van der Waals surface area contributed by atoms with Gasteiger partial charge in [0.15, 0.2) is 11.5 Å². The van der Waals surface area contributed by atoms with Crippen LogP contribution in [0.4, 0.5) is 0 Å². The molecule has 0 heterocycles. The topological polar surface area (TPSA) is 66.5 Å². The molecule has 0 spiro atoms. The molecule has 0 radical (unpaired) electrons. The minimum Gasteiger partial charge on any atom is -0.493 e. The van der Waals surface area contributed by atoms with Gasteiger partial charge in [-0.1, -0.05) is 66.7 Å². The first-order valence-electron chi connectivity index (χ1n) is 13.4. The second-order valence-electron chi connectivity index (χ2n) is 9.37. The number of rotatable bonds is 13. The fourth-order valence-corrected chi connectivity index (χ4v) is 4.57. The first-order chi connectivity index (χ1) is 19.5. The third-order valence-corrected chi connectivity index (χ3v) is 6.63. The Balaban J connectivity index is 1.51. The largest absolute Gasteiger partial charge is 0.493 e. The van der Waals surface area contributed by atoms with Crippen molar-refractivity contribution in [3.8, 4) is 11.5 Å². The summed E-state index contributed by atoms with van der Waals surface area (Å²) in [6.45, 7) is 5.00. The van der Waals surface area contributed by atoms with Crippen molar-refractivity contribution in [1.82, 2.24) is 4.90 Å². The molecule has 0 aliphatic heterocycles. The Morgan fingerprint density at radius 1 is 0.850 bits per heavy atom. The number of methoxy groups -OCH3 is 2. The van der Waals surface area contributed by atoms with Gasteiger partial charge in [-0.25, -0.2) is 0 Å². The number of ether oxygens (including phenoxy) is 5. The maximum atomic E-state index is 12.8. The number of hydrogen-bond acceptors (Lipinski definition) is 6. The molecule has 0 aromatic heterocycles. The Morgan fingerprint density at radius 3 is 2.12 bits per heavy atom. The van der Waals surface area contributed by atoms with Crippen molar-refractivity contribution in [2.45, 2.75) is 45.5 Å². The third-order valence-electron chi connectivity index (χ3n) is 6.63. The van der Waals surface area contributed by atoms with Gasteiger partial charge in [0.1, 0.15) is 12.7 Å². The van der Waals surface area contributed by atoms with Crippen molar-refractivity contribution >= 4 is 5.91 Å². The van der Waals surface area contributed by atoms with E-state index in [0.717, 1.165) is 16.7 Å². The van der Waals surface area contributed by atoms with Crippen molar-refractivity contribution < 1.29 is 28.5 Å². The number of nitrogens with zero attached hydrogens (tertiary/aromatic N) is 1. The summed E-state index contributed by atoms with van der Waals surface area (Å²) in [5.74, 6) is 0.0113. The van der Waals surface area contributed by atoms with E-state index in [9.17, 15) is 4.79 Å². The lowest BCUT2D eigenvalue weighted by atomic mass is 10.0. The summed E-state index contributed by atoms with van der Waals surface area (Å²) in [5, 5.41) is 0. The van der Waals surface area contributed by atoms with Gasteiger partial charge in [-0.3, -0.25) is 4.79 Å². The molecule has 2 atom stereocenters. The Bertz CT molecular complexity index is 1310. The molecule has 0 fully saturated rings. The summed E-state index contributed by atoms with van der Waals surface area (Å²) in [6.07, 6.45) is 4.99. The fourth-order valence-electron chi connectivity index (χ4n) is 4.57. The summed E-state index contributed by atoms with van der Waals surface area (Å²) in [7, 11) is 3.21. The first-order valence-corrected chi connectivity index (χ1v) is 13.4. The van der Waals surface area contributed by atoms with Gasteiger partial charge in [-0.2, -0.15) is 0 Å². The van der Waals surface area contributed by atoms with Crippen LogP contribution in [0.3, 0.4) is 0 Å². The summed E-state index contributed by atoms with van der Waals surface area (Å²) >= 11 is 0. The quantitative estimate of drug-likeness (QED) is 0.245. The molecule has 3 aromatic carbocycles. The van der Waals surface area contributed by atoms with E-state index in [1.165, 1.54) is 0 Å². The van der Waals surface area contributed by atoms with Crippen LogP contribution in [0.1, 0.15) is 30.5 Å². The zero-order chi connectivity index (χ0) is 28.4. The van der Waals surface area contributed by atoms with Crippen LogP contribution in [0.15, 0.2) is 103 Å². The highest BCUT2D eigenvalue weighted by molar-refractivity contribution is 5.76. The van der Waals surface area contributed by atoms with E-state index in [1.54, 1.807) is 26.0 Å². The number of carbonyl (C=O) groups is 1. The SMILES string of the molecule is CCOC1(OCc2ccccc2)C=CC(N(Cc2ccc(OCc3ccccc3)c(OC)c2)C(C)=O)=CC1OC. The van der Waals surface area contributed by atoms with Crippen molar-refractivity contribution in [2.75, 3.05) is 20.8 Å². The standard InChI is InChI=1S/C33H37NO6/c1-5-39-33(40-24-27-14-10-7-11-15-27)19-18-29(21-32(33)37-4)34(25(2)35)22-28-16-17-30(31(20-28)36-3)38-23-26-12-8-6-9-13-26/h6-21,32H,5,22-24H2,1-4H3. The van der Waals surface area contributed by atoms with Crippen molar-refractivity contribution in [3.63, 3.8) is 0 Å². The molecule has 1 aliphatic rings. The molecule has 40 heavy (non-hydrogen) atoms. The molecule has 3 aromatic rings. The maximum absolute atomic E-state index is 12.8. The Labute approximate surface area is 236 Å². The van der Waals surface area contributed by atoms with Crippen LogP contribution in [0.5, 0.6) is 11.5 Å². The highest BCUT2D eigenvalue weighted by Gasteiger charge is 2.41. The molecule has 4 rings (SSSR count). The lowest BCUT2D eigenvalue weighted by molar-refractivity contribution is -0.252. The van der Waals surface area contributed by atoms with Gasteiger partial charge in [-0.05, 0) is 54.0 Å². The third kappa shape index (κ3) is 7.18. The molecule has 0 saturated heterocycles. The lowest BCUT2D eigenvalue weighted by Crippen LogP contribution is -2.48. The number of benzene rings is 3. The van der Waals surface area contributed by atoms with E-state index >= 15 is 0 Å². The molecule has 2 unspecified atom stereocenters. The Kier molecular flexibility index (Phi) is 10.1. The normalized spacial score (nSPS) is 18.2. The van der Waals surface area contributed by atoms with E-state index in [-0.39, 0.29) is 5.91 Å². The van der Waals surface area contributed by atoms with Crippen molar-refractivity contribution in [1.29, 1.82) is 0 Å². The summed E-state index contributed by atoms with van der Waals surface area (Å²) in [4.78, 5) is 14.5. The summed E-state index contributed by atoms with van der Waals surface area (Å²) < 4.78 is 29.8. The van der Waals surface area contributed by atoms with Gasteiger partial charge in [0, 0.05) is 26.3 Å². The highest BCUT2D eigenvalue weighted by Crippen LogP contribution is 2.33. The smallest absolute Gasteiger partial charge is 0.224 e. The zero-order valence-corrected chi connectivity index (χ0v) is 23.5. The van der Waals surface area contributed by atoms with Gasteiger partial charge >= 0.3 is 0 Å².